The number of carbonyl (C=O) groups is 3. The molecule has 0 radical (unpaired) electrons. The Balaban J connectivity index is 1.57. The molecule has 0 spiro atoms. The van der Waals surface area contributed by atoms with Crippen LogP contribution < -0.4 is 15.5 Å². The van der Waals surface area contributed by atoms with E-state index < -0.39 is 58.2 Å². The fourth-order valence-corrected chi connectivity index (χ4v) is 3.03. The highest BCUT2D eigenvalue weighted by Crippen LogP contribution is 2.29. The standard InChI is InChI=1S/C19H15F3N4O5/c20-13-3-1-11(6-15(13)22)24-17(27)8-23-19(29)10-5-18(28)25(9-10)12-2-4-14(21)16(7-12)26(30)31/h1-4,6-7,10H,5,8-9H2,(H,23,29)(H,24,27)/t10-/m1/s1. The minimum Gasteiger partial charge on any atom is -0.347 e. The quantitative estimate of drug-likeness (QED) is 0.531. The topological polar surface area (TPSA) is 122 Å². The van der Waals surface area contributed by atoms with Crippen molar-refractivity contribution < 1.29 is 32.5 Å². The average Bonchev–Trinajstić information content (AvgIpc) is 3.11. The van der Waals surface area contributed by atoms with Crippen LogP contribution in [0.4, 0.5) is 30.2 Å². The smallest absolute Gasteiger partial charge is 0.306 e. The zero-order chi connectivity index (χ0) is 22.7. The van der Waals surface area contributed by atoms with Crippen molar-refractivity contribution in [2.75, 3.05) is 23.3 Å². The van der Waals surface area contributed by atoms with Crippen LogP contribution in [0.2, 0.25) is 0 Å². The van der Waals surface area contributed by atoms with Gasteiger partial charge < -0.3 is 15.5 Å². The van der Waals surface area contributed by atoms with E-state index in [1.54, 1.807) is 0 Å². The van der Waals surface area contributed by atoms with Gasteiger partial charge in [0.2, 0.25) is 23.5 Å². The van der Waals surface area contributed by atoms with Crippen molar-refractivity contribution in [3.8, 4) is 0 Å². The maximum atomic E-state index is 13.5. The minimum absolute atomic E-state index is 0.00160. The number of halogens is 3. The predicted octanol–water partition coefficient (Wildman–Crippen LogP) is 2.12. The van der Waals surface area contributed by atoms with Crippen molar-refractivity contribution in [1.29, 1.82) is 0 Å². The molecule has 0 aromatic heterocycles. The van der Waals surface area contributed by atoms with E-state index in [2.05, 4.69) is 10.6 Å². The molecule has 31 heavy (non-hydrogen) atoms. The van der Waals surface area contributed by atoms with E-state index in [9.17, 15) is 37.7 Å². The third kappa shape index (κ3) is 4.97. The second-order valence-electron chi connectivity index (χ2n) is 6.69. The summed E-state index contributed by atoms with van der Waals surface area (Å²) in [6, 6.07) is 5.72. The summed E-state index contributed by atoms with van der Waals surface area (Å²) in [5, 5.41) is 15.5. The van der Waals surface area contributed by atoms with E-state index in [4.69, 9.17) is 0 Å². The molecule has 0 saturated carbocycles. The summed E-state index contributed by atoms with van der Waals surface area (Å²) < 4.78 is 39.6. The number of hydrogen-bond acceptors (Lipinski definition) is 5. The Morgan fingerprint density at radius 2 is 1.81 bits per heavy atom. The first-order valence-electron chi connectivity index (χ1n) is 8.92. The number of nitrogens with zero attached hydrogens (tertiary/aromatic N) is 2. The maximum Gasteiger partial charge on any atom is 0.306 e. The van der Waals surface area contributed by atoms with Gasteiger partial charge in [-0.3, -0.25) is 24.5 Å². The van der Waals surface area contributed by atoms with Gasteiger partial charge in [-0.1, -0.05) is 0 Å². The molecule has 1 fully saturated rings. The van der Waals surface area contributed by atoms with Gasteiger partial charge in [-0.05, 0) is 24.3 Å². The van der Waals surface area contributed by atoms with Gasteiger partial charge in [0, 0.05) is 30.8 Å². The molecule has 1 atom stereocenters. The summed E-state index contributed by atoms with van der Waals surface area (Å²) in [6.07, 6.45) is -0.207. The molecule has 0 unspecified atom stereocenters. The van der Waals surface area contributed by atoms with Gasteiger partial charge in [0.25, 0.3) is 0 Å². The van der Waals surface area contributed by atoms with Gasteiger partial charge in [0.1, 0.15) is 0 Å². The van der Waals surface area contributed by atoms with Crippen LogP contribution in [0.5, 0.6) is 0 Å². The molecule has 2 aromatic rings. The molecule has 3 amide bonds. The van der Waals surface area contributed by atoms with E-state index in [1.165, 1.54) is 6.07 Å². The summed E-state index contributed by atoms with van der Waals surface area (Å²) in [7, 11) is 0. The van der Waals surface area contributed by atoms with Crippen molar-refractivity contribution in [2.24, 2.45) is 5.92 Å². The molecule has 3 rings (SSSR count). The summed E-state index contributed by atoms with van der Waals surface area (Å²) in [5.74, 6) is -5.93. The Labute approximate surface area is 173 Å². The van der Waals surface area contributed by atoms with Crippen LogP contribution in [0.1, 0.15) is 6.42 Å². The fraction of sp³-hybridized carbons (Fsp3) is 0.211. The minimum atomic E-state index is -1.15. The molecule has 1 saturated heterocycles. The van der Waals surface area contributed by atoms with Crippen molar-refractivity contribution in [3.63, 3.8) is 0 Å². The SMILES string of the molecule is O=C(CNC(=O)[C@@H]1CC(=O)N(c2ccc(F)c([N+](=O)[O-])c2)C1)Nc1ccc(F)c(F)c1. The van der Waals surface area contributed by atoms with Crippen LogP contribution in [0.15, 0.2) is 36.4 Å². The zero-order valence-corrected chi connectivity index (χ0v) is 15.7. The number of nitro benzene ring substituents is 1. The first-order valence-corrected chi connectivity index (χ1v) is 8.92. The molecule has 162 valence electrons. The largest absolute Gasteiger partial charge is 0.347 e. The zero-order valence-electron chi connectivity index (χ0n) is 15.7. The normalized spacial score (nSPS) is 15.6. The Morgan fingerprint density at radius 3 is 2.48 bits per heavy atom. The Kier molecular flexibility index (Phi) is 6.18. The molecule has 1 aliphatic heterocycles. The first kappa shape index (κ1) is 21.7. The lowest BCUT2D eigenvalue weighted by molar-refractivity contribution is -0.387. The number of amides is 3. The van der Waals surface area contributed by atoms with E-state index in [0.29, 0.717) is 0 Å². The summed E-state index contributed by atoms with van der Waals surface area (Å²) in [4.78, 5) is 47.5. The highest BCUT2D eigenvalue weighted by atomic mass is 19.2. The molecule has 12 heteroatoms. The monoisotopic (exact) mass is 436 g/mol. The van der Waals surface area contributed by atoms with Gasteiger partial charge in [0.15, 0.2) is 11.6 Å². The third-order valence-corrected chi connectivity index (χ3v) is 4.56. The Bertz CT molecular complexity index is 1080. The van der Waals surface area contributed by atoms with Crippen molar-refractivity contribution in [3.05, 3.63) is 64.0 Å². The first-order chi connectivity index (χ1) is 14.7. The van der Waals surface area contributed by atoms with Gasteiger partial charge in [-0.15, -0.1) is 0 Å². The molecule has 1 aliphatic rings. The fourth-order valence-electron chi connectivity index (χ4n) is 3.03. The summed E-state index contributed by atoms with van der Waals surface area (Å²) in [5.41, 5.74) is -0.727. The summed E-state index contributed by atoms with van der Waals surface area (Å²) >= 11 is 0. The van der Waals surface area contributed by atoms with Crippen LogP contribution in [0.25, 0.3) is 0 Å². The molecule has 0 bridgehead atoms. The lowest BCUT2D eigenvalue weighted by Crippen LogP contribution is -2.37. The van der Waals surface area contributed by atoms with Crippen LogP contribution in [0.3, 0.4) is 0 Å². The van der Waals surface area contributed by atoms with Crippen LogP contribution in [0, 0.1) is 33.5 Å². The van der Waals surface area contributed by atoms with Gasteiger partial charge >= 0.3 is 5.69 Å². The van der Waals surface area contributed by atoms with Crippen LogP contribution in [-0.2, 0) is 14.4 Å². The number of anilines is 2. The van der Waals surface area contributed by atoms with E-state index in [-0.39, 0.29) is 24.3 Å². The molecule has 2 aromatic carbocycles. The molecule has 2 N–H and O–H groups in total. The van der Waals surface area contributed by atoms with Gasteiger partial charge in [0.05, 0.1) is 23.1 Å². The molecule has 0 aliphatic carbocycles. The number of nitrogens with one attached hydrogen (secondary N) is 2. The van der Waals surface area contributed by atoms with E-state index >= 15 is 0 Å². The average molecular weight is 436 g/mol. The number of hydrogen-bond donors (Lipinski definition) is 2. The van der Waals surface area contributed by atoms with Crippen molar-refractivity contribution >= 4 is 34.8 Å². The lowest BCUT2D eigenvalue weighted by atomic mass is 10.1. The molecular weight excluding hydrogens is 421 g/mol. The Morgan fingerprint density at radius 1 is 1.10 bits per heavy atom. The number of carbonyl (C=O) groups excluding carboxylic acids is 3. The second kappa shape index (κ2) is 8.81. The maximum absolute atomic E-state index is 13.5. The van der Waals surface area contributed by atoms with Gasteiger partial charge in [-0.2, -0.15) is 4.39 Å². The molecular formula is C19H15F3N4O5. The summed E-state index contributed by atoms with van der Waals surface area (Å²) in [6.45, 7) is -0.594. The van der Waals surface area contributed by atoms with Gasteiger partial charge in [-0.25, -0.2) is 8.78 Å². The number of nitro groups is 1. The molecule has 9 nitrogen and oxygen atoms in total. The second-order valence-corrected chi connectivity index (χ2v) is 6.69. The highest BCUT2D eigenvalue weighted by Gasteiger charge is 2.36. The third-order valence-electron chi connectivity index (χ3n) is 4.56. The number of benzene rings is 2. The van der Waals surface area contributed by atoms with Crippen LogP contribution in [-0.4, -0.2) is 35.7 Å². The predicted molar refractivity (Wildman–Crippen MR) is 102 cm³/mol. The van der Waals surface area contributed by atoms with E-state index in [1.807, 2.05) is 0 Å². The van der Waals surface area contributed by atoms with Crippen molar-refractivity contribution in [2.45, 2.75) is 6.42 Å². The lowest BCUT2D eigenvalue weighted by Gasteiger charge is -2.16. The van der Waals surface area contributed by atoms with E-state index in [0.717, 1.165) is 35.2 Å². The van der Waals surface area contributed by atoms with Crippen molar-refractivity contribution in [1.82, 2.24) is 5.32 Å². The number of rotatable bonds is 6. The van der Waals surface area contributed by atoms with Crippen LogP contribution >= 0.6 is 0 Å². The Hall–Kier alpha value is -3.96. The highest BCUT2D eigenvalue weighted by molar-refractivity contribution is 6.01. The molecule has 1 heterocycles.